The highest BCUT2D eigenvalue weighted by Crippen LogP contribution is 2.34. The minimum Gasteiger partial charge on any atom is -0.492 e. The number of ketones is 1. The summed E-state index contributed by atoms with van der Waals surface area (Å²) >= 11 is 1.01. The van der Waals surface area contributed by atoms with E-state index in [0.717, 1.165) is 18.4 Å². The number of hydrogen-bond acceptors (Lipinski definition) is 7. The first-order chi connectivity index (χ1) is 16.3. The van der Waals surface area contributed by atoms with Gasteiger partial charge in [0.05, 0.1) is 29.9 Å². The minimum atomic E-state index is -1.07. The molecule has 3 aromatic rings. The summed E-state index contributed by atoms with van der Waals surface area (Å²) in [5.41, 5.74) is 0.680. The van der Waals surface area contributed by atoms with E-state index in [-0.39, 0.29) is 10.4 Å². The topological polar surface area (TPSA) is 89.3 Å². The van der Waals surface area contributed by atoms with E-state index in [1.54, 1.807) is 43.3 Å². The Kier molecular flexibility index (Phi) is 7.92. The first-order valence-electron chi connectivity index (χ1n) is 10.5. The van der Waals surface area contributed by atoms with Crippen molar-refractivity contribution >= 4 is 28.9 Å². The van der Waals surface area contributed by atoms with Crippen molar-refractivity contribution in [3.05, 3.63) is 75.8 Å². The van der Waals surface area contributed by atoms with Crippen LogP contribution in [0.1, 0.15) is 40.3 Å². The number of esters is 1. The normalized spacial score (nSPS) is 11.6. The molecule has 0 spiro atoms. The molecule has 0 unspecified atom stereocenters. The Morgan fingerprint density at radius 2 is 1.88 bits per heavy atom. The number of thiazole rings is 1. The molecule has 174 valence electrons. The van der Waals surface area contributed by atoms with Gasteiger partial charge in [-0.1, -0.05) is 44.2 Å². The van der Waals surface area contributed by atoms with Gasteiger partial charge in [-0.3, -0.25) is 4.79 Å². The third-order valence-electron chi connectivity index (χ3n) is 4.79. The summed E-state index contributed by atoms with van der Waals surface area (Å²) in [6.45, 7) is 6.09. The Balaban J connectivity index is 2.01. The molecule has 1 aromatic heterocycles. The van der Waals surface area contributed by atoms with Crippen LogP contribution in [0, 0.1) is 24.2 Å². The van der Waals surface area contributed by atoms with E-state index >= 15 is 4.39 Å². The zero-order valence-corrected chi connectivity index (χ0v) is 20.0. The molecule has 0 aliphatic carbocycles. The highest BCUT2D eigenvalue weighted by molar-refractivity contribution is 7.17. The Bertz CT molecular complexity index is 1290. The molecule has 0 saturated carbocycles. The molecule has 6 nitrogen and oxygen atoms in total. The average molecular weight is 479 g/mol. The number of nitrogens with zero attached hydrogens (tertiary/aromatic N) is 2. The molecule has 1 heterocycles. The van der Waals surface area contributed by atoms with Crippen LogP contribution in [0.4, 0.5) is 4.39 Å². The van der Waals surface area contributed by atoms with Gasteiger partial charge in [0.2, 0.25) is 5.78 Å². The second-order valence-corrected chi connectivity index (χ2v) is 8.84. The van der Waals surface area contributed by atoms with Crippen molar-refractivity contribution in [1.82, 2.24) is 4.98 Å². The quantitative estimate of drug-likeness (QED) is 0.134. The predicted octanol–water partition coefficient (Wildman–Crippen LogP) is 5.76. The third-order valence-corrected chi connectivity index (χ3v) is 5.99. The summed E-state index contributed by atoms with van der Waals surface area (Å²) < 4.78 is 25.6. The van der Waals surface area contributed by atoms with Gasteiger partial charge in [-0.2, -0.15) is 5.26 Å². The van der Waals surface area contributed by atoms with E-state index in [4.69, 9.17) is 4.74 Å². The van der Waals surface area contributed by atoms with E-state index in [2.05, 4.69) is 15.8 Å². The molecule has 0 aliphatic heterocycles. The Morgan fingerprint density at radius 3 is 2.50 bits per heavy atom. The molecular weight excluding hydrogens is 455 g/mol. The molecule has 2 aromatic carbocycles. The number of methoxy groups -OCH3 is 1. The summed E-state index contributed by atoms with van der Waals surface area (Å²) in [6, 6.07) is 15.0. The van der Waals surface area contributed by atoms with E-state index in [9.17, 15) is 14.9 Å². The van der Waals surface area contributed by atoms with E-state index in [1.807, 2.05) is 13.8 Å². The Hall–Kier alpha value is -3.83. The highest BCUT2D eigenvalue weighted by Gasteiger charge is 2.30. The number of halogens is 1. The maximum Gasteiger partial charge on any atom is 0.344 e. The SMILES string of the molecule is COC(=O)C(C(=O)c1sc(-c2ccc(OCC(C)C)c(C#N)c2)nc1C)=C(F)c1ccccc1. The molecule has 8 heteroatoms. The van der Waals surface area contributed by atoms with Gasteiger partial charge in [0, 0.05) is 11.1 Å². The van der Waals surface area contributed by atoms with Crippen LogP contribution in [0.3, 0.4) is 0 Å². The number of Topliss-reactive ketones (excluding diaryl/α,β-unsaturated/α-hetero) is 1. The molecule has 0 atom stereocenters. The minimum absolute atomic E-state index is 0.0919. The molecule has 0 saturated heterocycles. The van der Waals surface area contributed by atoms with Crippen LogP contribution in [-0.4, -0.2) is 30.5 Å². The van der Waals surface area contributed by atoms with Gasteiger partial charge in [-0.15, -0.1) is 11.3 Å². The van der Waals surface area contributed by atoms with Crippen molar-refractivity contribution in [2.45, 2.75) is 20.8 Å². The number of hydrogen-bond donors (Lipinski definition) is 0. The smallest absolute Gasteiger partial charge is 0.344 e. The van der Waals surface area contributed by atoms with Gasteiger partial charge in [-0.05, 0) is 31.0 Å². The number of aromatic nitrogens is 1. The van der Waals surface area contributed by atoms with Crippen LogP contribution in [0.15, 0.2) is 54.1 Å². The lowest BCUT2D eigenvalue weighted by molar-refractivity contribution is -0.135. The average Bonchev–Trinajstić information content (AvgIpc) is 3.24. The van der Waals surface area contributed by atoms with Crippen molar-refractivity contribution in [1.29, 1.82) is 5.26 Å². The highest BCUT2D eigenvalue weighted by atomic mass is 32.1. The molecule has 3 rings (SSSR count). The standard InChI is InChI=1S/C26H23FN2O4S/c1-15(2)14-33-20-11-10-18(12-19(20)13-28)25-29-16(3)24(34-25)23(30)21(26(31)32-4)22(27)17-8-6-5-7-9-17/h5-12,15H,14H2,1-4H3. The first kappa shape index (κ1) is 24.8. The lowest BCUT2D eigenvalue weighted by Crippen LogP contribution is -2.16. The summed E-state index contributed by atoms with van der Waals surface area (Å²) in [4.78, 5) is 30.1. The van der Waals surface area contributed by atoms with Crippen LogP contribution >= 0.6 is 11.3 Å². The number of aryl methyl sites for hydroxylation is 1. The molecule has 0 radical (unpaired) electrons. The second-order valence-electron chi connectivity index (χ2n) is 7.84. The van der Waals surface area contributed by atoms with Crippen LogP contribution in [0.2, 0.25) is 0 Å². The van der Waals surface area contributed by atoms with Crippen LogP contribution in [-0.2, 0) is 9.53 Å². The lowest BCUT2D eigenvalue weighted by Gasteiger charge is -2.10. The molecule has 0 fully saturated rings. The number of ether oxygens (including phenoxy) is 2. The van der Waals surface area contributed by atoms with E-state index < -0.39 is 23.2 Å². The number of rotatable bonds is 8. The zero-order valence-electron chi connectivity index (χ0n) is 19.2. The number of carbonyl (C=O) groups excluding carboxylic acids is 2. The fourth-order valence-electron chi connectivity index (χ4n) is 3.09. The summed E-state index contributed by atoms with van der Waals surface area (Å²) in [6.07, 6.45) is 0. The molecule has 0 N–H and O–H groups in total. The van der Waals surface area contributed by atoms with E-state index in [0.29, 0.717) is 40.1 Å². The van der Waals surface area contributed by atoms with Crippen molar-refractivity contribution in [3.8, 4) is 22.4 Å². The molecule has 0 aliphatic rings. The number of benzene rings is 2. The van der Waals surface area contributed by atoms with Crippen molar-refractivity contribution in [3.63, 3.8) is 0 Å². The van der Waals surface area contributed by atoms with Crippen LogP contribution < -0.4 is 4.74 Å². The van der Waals surface area contributed by atoms with Gasteiger partial charge >= 0.3 is 5.97 Å². The lowest BCUT2D eigenvalue weighted by atomic mass is 10.0. The van der Waals surface area contributed by atoms with Crippen molar-refractivity contribution < 1.29 is 23.5 Å². The van der Waals surface area contributed by atoms with Gasteiger partial charge in [0.25, 0.3) is 0 Å². The largest absolute Gasteiger partial charge is 0.492 e. The van der Waals surface area contributed by atoms with Gasteiger partial charge < -0.3 is 9.47 Å². The fraction of sp³-hybridized carbons (Fsp3) is 0.231. The van der Waals surface area contributed by atoms with Crippen molar-refractivity contribution in [2.24, 2.45) is 5.92 Å². The molecular formula is C26H23FN2O4S. The maximum absolute atomic E-state index is 15.2. The Labute approximate surface area is 201 Å². The second kappa shape index (κ2) is 10.9. The summed E-state index contributed by atoms with van der Waals surface area (Å²) in [5, 5.41) is 9.99. The molecule has 34 heavy (non-hydrogen) atoms. The maximum atomic E-state index is 15.2. The van der Waals surface area contributed by atoms with Gasteiger partial charge in [-0.25, -0.2) is 14.2 Å². The molecule has 0 amide bonds. The summed E-state index contributed by atoms with van der Waals surface area (Å²) in [7, 11) is 1.09. The number of nitriles is 1. The van der Waals surface area contributed by atoms with Gasteiger partial charge in [0.1, 0.15) is 28.2 Å². The monoisotopic (exact) mass is 478 g/mol. The fourth-order valence-corrected chi connectivity index (χ4v) is 4.10. The third kappa shape index (κ3) is 5.38. The van der Waals surface area contributed by atoms with E-state index in [1.165, 1.54) is 12.1 Å². The van der Waals surface area contributed by atoms with Gasteiger partial charge in [0.15, 0.2) is 0 Å². The molecule has 0 bridgehead atoms. The zero-order chi connectivity index (χ0) is 24.8. The predicted molar refractivity (Wildman–Crippen MR) is 128 cm³/mol. The van der Waals surface area contributed by atoms with Crippen LogP contribution in [0.5, 0.6) is 5.75 Å². The number of carbonyl (C=O) groups is 2. The van der Waals surface area contributed by atoms with Crippen molar-refractivity contribution in [2.75, 3.05) is 13.7 Å². The first-order valence-corrected chi connectivity index (χ1v) is 11.3. The Morgan fingerprint density at radius 1 is 1.18 bits per heavy atom. The summed E-state index contributed by atoms with van der Waals surface area (Å²) in [5.74, 6) is -2.09. The van der Waals surface area contributed by atoms with Crippen LogP contribution in [0.25, 0.3) is 16.4 Å².